The molecule has 2 aliphatic carbocycles. The summed E-state index contributed by atoms with van der Waals surface area (Å²) in [7, 11) is 0. The van der Waals surface area contributed by atoms with E-state index in [-0.39, 0.29) is 5.60 Å². The van der Waals surface area contributed by atoms with Crippen molar-refractivity contribution in [2.75, 3.05) is 0 Å². The average Bonchev–Trinajstić information content (AvgIpc) is 3.10. The van der Waals surface area contributed by atoms with Crippen LogP contribution in [0.3, 0.4) is 0 Å². The van der Waals surface area contributed by atoms with Crippen molar-refractivity contribution in [3.8, 4) is 5.75 Å². The maximum absolute atomic E-state index is 6.78. The Hall–Kier alpha value is -1.96. The van der Waals surface area contributed by atoms with Crippen LogP contribution in [0.2, 0.25) is 0 Å². The van der Waals surface area contributed by atoms with E-state index in [2.05, 4.69) is 63.9 Å². The molecule has 0 bridgehead atoms. The van der Waals surface area contributed by atoms with Gasteiger partial charge in [-0.05, 0) is 68.7 Å². The minimum atomic E-state index is 0.0267. The lowest BCUT2D eigenvalue weighted by atomic mass is 9.45. The van der Waals surface area contributed by atoms with Gasteiger partial charge in [-0.25, -0.2) is 0 Å². The molecular formula is C24H27NO. The molecule has 6 rings (SSSR count). The minimum Gasteiger partial charge on any atom is -0.487 e. The second-order valence-corrected chi connectivity index (χ2v) is 9.92. The third kappa shape index (κ3) is 1.52. The van der Waals surface area contributed by atoms with Gasteiger partial charge in [0.25, 0.3) is 0 Å². The first-order valence-electron chi connectivity index (χ1n) is 10.1. The molecule has 1 N–H and O–H groups in total. The SMILES string of the molecule is Cc1ccc2[nH]c3c4c(c(C)cc3c2c1)OC1(C)CCC2C1C4C2(C)C. The molecule has 2 fully saturated rings. The highest BCUT2D eigenvalue weighted by Crippen LogP contribution is 2.74. The van der Waals surface area contributed by atoms with Gasteiger partial charge in [-0.3, -0.25) is 0 Å². The van der Waals surface area contributed by atoms with Crippen molar-refractivity contribution in [3.05, 3.63) is 41.0 Å². The number of hydrogen-bond donors (Lipinski definition) is 1. The predicted octanol–water partition coefficient (Wildman–Crippen LogP) is 6.24. The first-order chi connectivity index (χ1) is 12.3. The van der Waals surface area contributed by atoms with Crippen molar-refractivity contribution in [2.45, 2.75) is 59.0 Å². The van der Waals surface area contributed by atoms with E-state index in [1.54, 1.807) is 0 Å². The number of aromatic nitrogens is 1. The van der Waals surface area contributed by atoms with Crippen LogP contribution in [0.4, 0.5) is 0 Å². The Balaban J connectivity index is 1.73. The number of aromatic amines is 1. The van der Waals surface area contributed by atoms with Crippen LogP contribution in [0.1, 0.15) is 56.2 Å². The van der Waals surface area contributed by atoms with Crippen LogP contribution >= 0.6 is 0 Å². The van der Waals surface area contributed by atoms with Crippen LogP contribution < -0.4 is 4.74 Å². The van der Waals surface area contributed by atoms with E-state index in [4.69, 9.17) is 4.74 Å². The number of ether oxygens (including phenoxy) is 1. The summed E-state index contributed by atoms with van der Waals surface area (Å²) in [6, 6.07) is 9.08. The van der Waals surface area contributed by atoms with Gasteiger partial charge < -0.3 is 9.72 Å². The average molecular weight is 345 g/mol. The number of H-pyrrole nitrogens is 1. The zero-order chi connectivity index (χ0) is 18.0. The van der Waals surface area contributed by atoms with Crippen molar-refractivity contribution in [1.29, 1.82) is 0 Å². The van der Waals surface area contributed by atoms with E-state index in [0.717, 1.165) is 11.7 Å². The van der Waals surface area contributed by atoms with E-state index in [1.165, 1.54) is 51.3 Å². The predicted molar refractivity (Wildman–Crippen MR) is 107 cm³/mol. The fraction of sp³-hybridized carbons (Fsp3) is 0.500. The first-order valence-corrected chi connectivity index (χ1v) is 10.1. The van der Waals surface area contributed by atoms with E-state index in [0.29, 0.717) is 17.3 Å². The van der Waals surface area contributed by atoms with Gasteiger partial charge in [-0.15, -0.1) is 0 Å². The lowest BCUT2D eigenvalue weighted by molar-refractivity contribution is -0.119. The molecule has 0 amide bonds. The Kier molecular flexibility index (Phi) is 2.50. The van der Waals surface area contributed by atoms with E-state index in [1.807, 2.05) is 0 Å². The highest BCUT2D eigenvalue weighted by molar-refractivity contribution is 6.09. The first kappa shape index (κ1) is 15.1. The molecule has 1 aliphatic heterocycles. The molecule has 2 heterocycles. The van der Waals surface area contributed by atoms with Gasteiger partial charge in [0.1, 0.15) is 11.4 Å². The maximum Gasteiger partial charge on any atom is 0.128 e. The van der Waals surface area contributed by atoms with Crippen LogP contribution in [-0.4, -0.2) is 10.6 Å². The molecule has 3 aliphatic rings. The topological polar surface area (TPSA) is 25.0 Å². The molecule has 2 nitrogen and oxygen atoms in total. The van der Waals surface area contributed by atoms with E-state index >= 15 is 0 Å². The number of rotatable bonds is 0. The molecule has 4 unspecified atom stereocenters. The molecule has 134 valence electrons. The monoisotopic (exact) mass is 345 g/mol. The lowest BCUT2D eigenvalue weighted by Gasteiger charge is -2.62. The molecule has 1 aromatic heterocycles. The van der Waals surface area contributed by atoms with Crippen molar-refractivity contribution in [1.82, 2.24) is 4.98 Å². The van der Waals surface area contributed by atoms with Gasteiger partial charge in [-0.1, -0.05) is 25.5 Å². The molecule has 0 saturated heterocycles. The van der Waals surface area contributed by atoms with Crippen molar-refractivity contribution < 1.29 is 4.74 Å². The smallest absolute Gasteiger partial charge is 0.128 e. The summed E-state index contributed by atoms with van der Waals surface area (Å²) in [4.78, 5) is 3.77. The summed E-state index contributed by atoms with van der Waals surface area (Å²) in [6.45, 7) is 11.7. The Morgan fingerprint density at radius 1 is 1.08 bits per heavy atom. The second-order valence-electron chi connectivity index (χ2n) is 9.92. The fourth-order valence-electron chi connectivity index (χ4n) is 6.84. The highest BCUT2D eigenvalue weighted by Gasteiger charge is 2.69. The molecule has 0 radical (unpaired) electrons. The zero-order valence-electron chi connectivity index (χ0n) is 16.4. The summed E-state index contributed by atoms with van der Waals surface area (Å²) in [5.74, 6) is 3.23. The van der Waals surface area contributed by atoms with Crippen LogP contribution in [0.5, 0.6) is 5.75 Å². The standard InChI is InChI=1S/C24H27NO/c1-12-6-7-17-14(10-12)15-11-13(2)22-18(21(15)25-17)20-19-16(23(20,3)4)8-9-24(19,5)26-22/h6-7,10-11,16,19-20,25H,8-9H2,1-5H3. The van der Waals surface area contributed by atoms with E-state index in [9.17, 15) is 0 Å². The molecule has 4 atom stereocenters. The highest BCUT2D eigenvalue weighted by atomic mass is 16.5. The lowest BCUT2D eigenvalue weighted by Crippen LogP contribution is -2.59. The number of hydrogen-bond acceptors (Lipinski definition) is 1. The number of benzene rings is 2. The van der Waals surface area contributed by atoms with Crippen LogP contribution in [0.15, 0.2) is 24.3 Å². The molecule has 2 aromatic carbocycles. The second kappa shape index (κ2) is 4.30. The zero-order valence-corrected chi connectivity index (χ0v) is 16.4. The van der Waals surface area contributed by atoms with E-state index < -0.39 is 0 Å². The molecule has 2 heteroatoms. The van der Waals surface area contributed by atoms with Crippen LogP contribution in [0, 0.1) is 31.1 Å². The van der Waals surface area contributed by atoms with Crippen LogP contribution in [-0.2, 0) is 0 Å². The van der Waals surface area contributed by atoms with Gasteiger partial charge in [0.15, 0.2) is 0 Å². The third-order valence-electron chi connectivity index (χ3n) is 8.08. The fourth-order valence-corrected chi connectivity index (χ4v) is 6.84. The summed E-state index contributed by atoms with van der Waals surface area (Å²) in [5, 5.41) is 2.71. The Morgan fingerprint density at radius 2 is 1.88 bits per heavy atom. The van der Waals surface area contributed by atoms with Gasteiger partial charge >= 0.3 is 0 Å². The van der Waals surface area contributed by atoms with Gasteiger partial charge in [-0.2, -0.15) is 0 Å². The van der Waals surface area contributed by atoms with Crippen molar-refractivity contribution in [3.63, 3.8) is 0 Å². The number of nitrogens with one attached hydrogen (secondary N) is 1. The van der Waals surface area contributed by atoms with Crippen LogP contribution in [0.25, 0.3) is 21.8 Å². The molecule has 26 heavy (non-hydrogen) atoms. The summed E-state index contributed by atoms with van der Waals surface area (Å²) < 4.78 is 6.78. The van der Waals surface area contributed by atoms with Crippen molar-refractivity contribution in [2.24, 2.45) is 17.3 Å². The number of fused-ring (bicyclic) bond motifs is 6. The third-order valence-corrected chi connectivity index (χ3v) is 8.08. The minimum absolute atomic E-state index is 0.0267. The maximum atomic E-state index is 6.78. The molecular weight excluding hydrogens is 318 g/mol. The summed E-state index contributed by atoms with van der Waals surface area (Å²) in [5.41, 5.74) is 7.01. The Morgan fingerprint density at radius 3 is 2.69 bits per heavy atom. The van der Waals surface area contributed by atoms with Gasteiger partial charge in [0.2, 0.25) is 0 Å². The van der Waals surface area contributed by atoms with Crippen molar-refractivity contribution >= 4 is 21.8 Å². The molecule has 2 saturated carbocycles. The molecule has 3 aromatic rings. The summed E-state index contributed by atoms with van der Waals surface area (Å²) in [6.07, 6.45) is 2.51. The molecule has 0 spiro atoms. The largest absolute Gasteiger partial charge is 0.487 e. The Labute approximate surface area is 154 Å². The summed E-state index contributed by atoms with van der Waals surface area (Å²) >= 11 is 0. The Bertz CT molecular complexity index is 1100. The van der Waals surface area contributed by atoms with Gasteiger partial charge in [0, 0.05) is 33.7 Å². The number of aryl methyl sites for hydroxylation is 2. The quantitative estimate of drug-likeness (QED) is 0.512. The normalized spacial score (nSPS) is 33.7. The van der Waals surface area contributed by atoms with Gasteiger partial charge in [0.05, 0.1) is 5.52 Å².